The van der Waals surface area contributed by atoms with E-state index >= 15 is 0 Å². The predicted octanol–water partition coefficient (Wildman–Crippen LogP) is 3.82. The Hall–Kier alpha value is -2.49. The zero-order valence-corrected chi connectivity index (χ0v) is 13.4. The van der Waals surface area contributed by atoms with E-state index in [4.69, 9.17) is 9.47 Å². The van der Waals surface area contributed by atoms with Gasteiger partial charge < -0.3 is 14.8 Å². The molecule has 1 aliphatic rings. The summed E-state index contributed by atoms with van der Waals surface area (Å²) in [5.74, 6) is 1.22. The molecule has 2 atom stereocenters. The molecular weight excluding hydrogens is 290 g/mol. The average Bonchev–Trinajstić information content (AvgIpc) is 2.93. The lowest BCUT2D eigenvalue weighted by Gasteiger charge is -2.13. The number of hydrogen-bond acceptors (Lipinski definition) is 3. The molecule has 0 spiro atoms. The van der Waals surface area contributed by atoms with Crippen LogP contribution in [0.3, 0.4) is 0 Å². The third-order valence-corrected chi connectivity index (χ3v) is 4.38. The second kappa shape index (κ2) is 6.73. The number of methoxy groups -OCH3 is 1. The number of benzene rings is 2. The molecule has 4 heteroatoms. The van der Waals surface area contributed by atoms with Crippen LogP contribution >= 0.6 is 0 Å². The molecule has 2 aromatic carbocycles. The van der Waals surface area contributed by atoms with Gasteiger partial charge in [-0.15, -0.1) is 0 Å². The summed E-state index contributed by atoms with van der Waals surface area (Å²) in [7, 11) is 3.25. The number of fused-ring (bicyclic) bond motifs is 1. The van der Waals surface area contributed by atoms with Crippen molar-refractivity contribution in [1.29, 1.82) is 0 Å². The first-order valence-corrected chi connectivity index (χ1v) is 7.81. The summed E-state index contributed by atoms with van der Waals surface area (Å²) >= 11 is 0. The lowest BCUT2D eigenvalue weighted by molar-refractivity contribution is 0.0973. The molecule has 120 valence electrons. The molecule has 1 amide bonds. The fraction of sp³-hybridized carbons (Fsp3) is 0.316. The fourth-order valence-corrected chi connectivity index (χ4v) is 3.23. The maximum Gasteiger partial charge on any atom is 0.407 e. The Morgan fingerprint density at radius 2 is 1.83 bits per heavy atom. The minimum Gasteiger partial charge on any atom is -0.497 e. The molecule has 0 aliphatic heterocycles. The molecular formula is C19H21NO3. The molecule has 4 nitrogen and oxygen atoms in total. The molecule has 0 radical (unpaired) electrons. The number of rotatable bonds is 4. The molecule has 1 aliphatic carbocycles. The van der Waals surface area contributed by atoms with Crippen molar-refractivity contribution in [2.75, 3.05) is 14.2 Å². The lowest BCUT2D eigenvalue weighted by Crippen LogP contribution is -2.21. The van der Waals surface area contributed by atoms with Gasteiger partial charge in [-0.1, -0.05) is 36.4 Å². The average molecular weight is 311 g/mol. The lowest BCUT2D eigenvalue weighted by atomic mass is 9.93. The topological polar surface area (TPSA) is 47.6 Å². The molecule has 0 saturated heterocycles. The highest BCUT2D eigenvalue weighted by Crippen LogP contribution is 2.43. The van der Waals surface area contributed by atoms with E-state index in [0.29, 0.717) is 5.92 Å². The minimum atomic E-state index is -0.380. The summed E-state index contributed by atoms with van der Waals surface area (Å²) < 4.78 is 10.7. The predicted molar refractivity (Wildman–Crippen MR) is 88.8 cm³/mol. The van der Waals surface area contributed by atoms with Crippen molar-refractivity contribution < 1.29 is 14.3 Å². The van der Waals surface area contributed by atoms with Crippen molar-refractivity contribution in [2.45, 2.75) is 24.9 Å². The van der Waals surface area contributed by atoms with Crippen LogP contribution in [0.2, 0.25) is 0 Å². The second-order valence-electron chi connectivity index (χ2n) is 5.76. The number of ether oxygens (including phenoxy) is 2. The largest absolute Gasteiger partial charge is 0.497 e. The third-order valence-electron chi connectivity index (χ3n) is 4.38. The highest BCUT2D eigenvalue weighted by molar-refractivity contribution is 5.67. The molecule has 0 fully saturated rings. The van der Waals surface area contributed by atoms with E-state index in [1.165, 1.54) is 11.1 Å². The molecule has 3 rings (SSSR count). The van der Waals surface area contributed by atoms with Gasteiger partial charge in [0.2, 0.25) is 0 Å². The SMILES string of the molecule is CNC(=O)OC1CC(Cc2ccc(OC)cc2)c2ccccc21. The molecule has 0 heterocycles. The van der Waals surface area contributed by atoms with Gasteiger partial charge in [-0.05, 0) is 47.6 Å². The van der Waals surface area contributed by atoms with Crippen molar-refractivity contribution in [2.24, 2.45) is 0 Å². The molecule has 2 aromatic rings. The molecule has 23 heavy (non-hydrogen) atoms. The van der Waals surface area contributed by atoms with Gasteiger partial charge in [0.1, 0.15) is 11.9 Å². The van der Waals surface area contributed by atoms with Crippen molar-refractivity contribution in [3.05, 3.63) is 65.2 Å². The standard InChI is InChI=1S/C19H21NO3/c1-20-19(21)23-18-12-14(16-5-3-4-6-17(16)18)11-13-7-9-15(22-2)10-8-13/h3-10,14,18H,11-12H2,1-2H3,(H,20,21). The molecule has 2 unspecified atom stereocenters. The highest BCUT2D eigenvalue weighted by atomic mass is 16.6. The van der Waals surface area contributed by atoms with Crippen molar-refractivity contribution in [3.63, 3.8) is 0 Å². The minimum absolute atomic E-state index is 0.172. The summed E-state index contributed by atoms with van der Waals surface area (Å²) in [5.41, 5.74) is 3.65. The van der Waals surface area contributed by atoms with Crippen LogP contribution in [0.1, 0.15) is 35.1 Å². The van der Waals surface area contributed by atoms with Gasteiger partial charge in [-0.2, -0.15) is 0 Å². The maximum atomic E-state index is 11.6. The Bertz CT molecular complexity index is 681. The zero-order valence-electron chi connectivity index (χ0n) is 13.4. The van der Waals surface area contributed by atoms with Gasteiger partial charge in [0, 0.05) is 7.05 Å². The number of carbonyl (C=O) groups excluding carboxylic acids is 1. The maximum absolute atomic E-state index is 11.6. The fourth-order valence-electron chi connectivity index (χ4n) is 3.23. The first-order chi connectivity index (χ1) is 11.2. The monoisotopic (exact) mass is 311 g/mol. The molecule has 0 aromatic heterocycles. The van der Waals surface area contributed by atoms with Gasteiger partial charge in [0.05, 0.1) is 7.11 Å². The summed E-state index contributed by atoms with van der Waals surface area (Å²) in [5, 5.41) is 2.52. The Labute approximate surface area is 136 Å². The Balaban J connectivity index is 1.78. The summed E-state index contributed by atoms with van der Waals surface area (Å²) in [6.07, 6.45) is 1.19. The Morgan fingerprint density at radius 3 is 2.48 bits per heavy atom. The van der Waals surface area contributed by atoms with Crippen LogP contribution in [0.25, 0.3) is 0 Å². The summed E-state index contributed by atoms with van der Waals surface area (Å²) in [4.78, 5) is 11.6. The number of hydrogen-bond donors (Lipinski definition) is 1. The summed E-state index contributed by atoms with van der Waals surface area (Å²) in [6.45, 7) is 0. The van der Waals surface area contributed by atoms with Crippen LogP contribution in [0.15, 0.2) is 48.5 Å². The number of carbonyl (C=O) groups is 1. The highest BCUT2D eigenvalue weighted by Gasteiger charge is 2.33. The normalized spacial score (nSPS) is 19.0. The van der Waals surface area contributed by atoms with E-state index in [-0.39, 0.29) is 12.2 Å². The molecule has 1 N–H and O–H groups in total. The first-order valence-electron chi connectivity index (χ1n) is 7.81. The van der Waals surface area contributed by atoms with Crippen LogP contribution in [0.5, 0.6) is 5.75 Å². The number of amides is 1. The molecule has 0 bridgehead atoms. The van der Waals surface area contributed by atoms with Crippen LogP contribution < -0.4 is 10.1 Å². The smallest absolute Gasteiger partial charge is 0.407 e. The molecule has 0 saturated carbocycles. The van der Waals surface area contributed by atoms with Gasteiger partial charge in [-0.25, -0.2) is 4.79 Å². The van der Waals surface area contributed by atoms with Crippen molar-refractivity contribution in [3.8, 4) is 5.75 Å². The van der Waals surface area contributed by atoms with E-state index in [1.54, 1.807) is 14.2 Å². The van der Waals surface area contributed by atoms with Gasteiger partial charge in [0.15, 0.2) is 0 Å². The van der Waals surface area contributed by atoms with E-state index in [0.717, 1.165) is 24.2 Å². The van der Waals surface area contributed by atoms with E-state index in [1.807, 2.05) is 24.3 Å². The zero-order chi connectivity index (χ0) is 16.2. The van der Waals surface area contributed by atoms with E-state index in [9.17, 15) is 4.79 Å². The van der Waals surface area contributed by atoms with Crippen LogP contribution in [0, 0.1) is 0 Å². The Kier molecular flexibility index (Phi) is 4.51. The van der Waals surface area contributed by atoms with Gasteiger partial charge in [-0.3, -0.25) is 0 Å². The third kappa shape index (κ3) is 3.31. The first kappa shape index (κ1) is 15.4. The van der Waals surface area contributed by atoms with Crippen LogP contribution in [-0.2, 0) is 11.2 Å². The van der Waals surface area contributed by atoms with E-state index in [2.05, 4.69) is 29.6 Å². The second-order valence-corrected chi connectivity index (χ2v) is 5.76. The van der Waals surface area contributed by atoms with Crippen molar-refractivity contribution >= 4 is 6.09 Å². The quantitative estimate of drug-likeness (QED) is 0.933. The van der Waals surface area contributed by atoms with Gasteiger partial charge in [0.25, 0.3) is 0 Å². The van der Waals surface area contributed by atoms with Gasteiger partial charge >= 0.3 is 6.09 Å². The van der Waals surface area contributed by atoms with Crippen LogP contribution in [0.4, 0.5) is 4.79 Å². The summed E-state index contributed by atoms with van der Waals surface area (Å²) in [6, 6.07) is 16.4. The van der Waals surface area contributed by atoms with Crippen molar-refractivity contribution in [1.82, 2.24) is 5.32 Å². The Morgan fingerprint density at radius 1 is 1.13 bits per heavy atom. The number of nitrogens with one attached hydrogen (secondary N) is 1. The van der Waals surface area contributed by atoms with Crippen LogP contribution in [-0.4, -0.2) is 20.3 Å². The van der Waals surface area contributed by atoms with E-state index < -0.39 is 0 Å². The number of alkyl carbamates (subject to hydrolysis) is 1.